The van der Waals surface area contributed by atoms with Gasteiger partial charge in [0.2, 0.25) is 0 Å². The molecular formula is C28H23NO6. The number of ketones is 1. The molecule has 1 fully saturated rings. The van der Waals surface area contributed by atoms with Crippen molar-refractivity contribution < 1.29 is 28.3 Å². The van der Waals surface area contributed by atoms with Gasteiger partial charge in [-0.2, -0.15) is 0 Å². The monoisotopic (exact) mass is 469 g/mol. The molecule has 1 amide bonds. The van der Waals surface area contributed by atoms with Gasteiger partial charge in [0.15, 0.2) is 0 Å². The van der Waals surface area contributed by atoms with E-state index < -0.39 is 17.7 Å². The Bertz CT molecular complexity index is 1370. The SMILES string of the molecule is Cc1ccccc1COc1ccc(C(O)=C2C(=O)C(=O)N(Cc3ccco3)[C@@H]2c2ccco2)cc1. The quantitative estimate of drug-likeness (QED) is 0.222. The Kier molecular flexibility index (Phi) is 5.97. The minimum absolute atomic E-state index is 0.0370. The number of rotatable bonds is 7. The molecule has 0 aliphatic carbocycles. The summed E-state index contributed by atoms with van der Waals surface area (Å²) in [5.41, 5.74) is 2.57. The minimum Gasteiger partial charge on any atom is -0.507 e. The Morgan fingerprint density at radius 3 is 2.37 bits per heavy atom. The third-order valence-corrected chi connectivity index (χ3v) is 6.04. The summed E-state index contributed by atoms with van der Waals surface area (Å²) in [5, 5.41) is 11.1. The lowest BCUT2D eigenvalue weighted by Crippen LogP contribution is -2.28. The summed E-state index contributed by atoms with van der Waals surface area (Å²) in [5.74, 6) is -0.297. The molecule has 1 aliphatic rings. The normalized spacial score (nSPS) is 17.2. The first-order valence-corrected chi connectivity index (χ1v) is 11.1. The van der Waals surface area contributed by atoms with E-state index in [4.69, 9.17) is 13.6 Å². The van der Waals surface area contributed by atoms with Crippen LogP contribution in [-0.4, -0.2) is 21.7 Å². The maximum Gasteiger partial charge on any atom is 0.296 e. The van der Waals surface area contributed by atoms with Crippen molar-refractivity contribution in [2.24, 2.45) is 0 Å². The predicted molar refractivity (Wildman–Crippen MR) is 127 cm³/mol. The second-order valence-corrected chi connectivity index (χ2v) is 8.26. The second-order valence-electron chi connectivity index (χ2n) is 8.26. The number of amides is 1. The molecule has 4 aromatic rings. The summed E-state index contributed by atoms with van der Waals surface area (Å²) in [6.07, 6.45) is 2.96. The van der Waals surface area contributed by atoms with Crippen molar-refractivity contribution in [3.63, 3.8) is 0 Å². The van der Waals surface area contributed by atoms with Crippen LogP contribution in [0.4, 0.5) is 0 Å². The summed E-state index contributed by atoms with van der Waals surface area (Å²) in [4.78, 5) is 27.3. The van der Waals surface area contributed by atoms with Crippen LogP contribution in [0.25, 0.3) is 5.76 Å². The molecule has 1 N–H and O–H groups in total. The molecule has 5 rings (SSSR count). The Hall–Kier alpha value is -4.52. The van der Waals surface area contributed by atoms with Crippen LogP contribution in [0.5, 0.6) is 5.75 Å². The fourth-order valence-corrected chi connectivity index (χ4v) is 4.15. The number of aliphatic hydroxyl groups excluding tert-OH is 1. The largest absolute Gasteiger partial charge is 0.507 e. The first kappa shape index (κ1) is 22.3. The molecular weight excluding hydrogens is 446 g/mol. The summed E-state index contributed by atoms with van der Waals surface area (Å²) >= 11 is 0. The van der Waals surface area contributed by atoms with Gasteiger partial charge in [-0.15, -0.1) is 0 Å². The van der Waals surface area contributed by atoms with E-state index in [1.165, 1.54) is 17.4 Å². The number of carbonyl (C=O) groups excluding carboxylic acids is 2. The van der Waals surface area contributed by atoms with E-state index in [1.54, 1.807) is 48.5 Å². The molecule has 0 bridgehead atoms. The minimum atomic E-state index is -0.882. The van der Waals surface area contributed by atoms with E-state index in [0.717, 1.165) is 11.1 Å². The van der Waals surface area contributed by atoms with Crippen LogP contribution in [0.2, 0.25) is 0 Å². The van der Waals surface area contributed by atoms with Crippen LogP contribution in [-0.2, 0) is 22.7 Å². The van der Waals surface area contributed by atoms with Crippen molar-refractivity contribution >= 4 is 17.4 Å². The molecule has 0 saturated carbocycles. The van der Waals surface area contributed by atoms with Crippen molar-refractivity contribution in [2.75, 3.05) is 0 Å². The highest BCUT2D eigenvalue weighted by molar-refractivity contribution is 6.46. The van der Waals surface area contributed by atoms with Gasteiger partial charge in [0, 0.05) is 5.56 Å². The molecule has 3 heterocycles. The molecule has 0 unspecified atom stereocenters. The molecule has 35 heavy (non-hydrogen) atoms. The van der Waals surface area contributed by atoms with Gasteiger partial charge in [-0.05, 0) is 66.6 Å². The predicted octanol–water partition coefficient (Wildman–Crippen LogP) is 5.38. The molecule has 7 nitrogen and oxygen atoms in total. The molecule has 176 valence electrons. The molecule has 0 radical (unpaired) electrons. The van der Waals surface area contributed by atoms with Crippen LogP contribution in [0.3, 0.4) is 0 Å². The third kappa shape index (κ3) is 4.36. The maximum absolute atomic E-state index is 13.0. The van der Waals surface area contributed by atoms with E-state index >= 15 is 0 Å². The molecule has 7 heteroatoms. The lowest BCUT2D eigenvalue weighted by atomic mass is 9.99. The molecule has 2 aromatic carbocycles. The van der Waals surface area contributed by atoms with E-state index in [9.17, 15) is 14.7 Å². The van der Waals surface area contributed by atoms with Crippen molar-refractivity contribution in [1.82, 2.24) is 4.90 Å². The molecule has 1 saturated heterocycles. The number of likely N-dealkylation sites (tertiary alicyclic amines) is 1. The maximum atomic E-state index is 13.0. The molecule has 0 spiro atoms. The van der Waals surface area contributed by atoms with Gasteiger partial charge >= 0.3 is 0 Å². The first-order chi connectivity index (χ1) is 17.0. The summed E-state index contributed by atoms with van der Waals surface area (Å²) in [6.45, 7) is 2.50. The Labute approximate surface area is 201 Å². The van der Waals surface area contributed by atoms with Crippen molar-refractivity contribution in [3.05, 3.63) is 119 Å². The van der Waals surface area contributed by atoms with Gasteiger partial charge in [-0.3, -0.25) is 9.59 Å². The molecule has 2 aromatic heterocycles. The average molecular weight is 469 g/mol. The lowest BCUT2D eigenvalue weighted by molar-refractivity contribution is -0.140. The zero-order chi connectivity index (χ0) is 24.4. The van der Waals surface area contributed by atoms with Crippen LogP contribution >= 0.6 is 0 Å². The Morgan fingerprint density at radius 2 is 1.69 bits per heavy atom. The highest BCUT2D eigenvalue weighted by Gasteiger charge is 2.47. The summed E-state index contributed by atoms with van der Waals surface area (Å²) in [7, 11) is 0. The highest BCUT2D eigenvalue weighted by atomic mass is 16.5. The van der Waals surface area contributed by atoms with Crippen molar-refractivity contribution in [1.29, 1.82) is 0 Å². The van der Waals surface area contributed by atoms with Gasteiger partial charge < -0.3 is 23.6 Å². The number of hydrogen-bond acceptors (Lipinski definition) is 6. The fourth-order valence-electron chi connectivity index (χ4n) is 4.15. The zero-order valence-corrected chi connectivity index (χ0v) is 19.0. The second kappa shape index (κ2) is 9.38. The Morgan fingerprint density at radius 1 is 0.943 bits per heavy atom. The topological polar surface area (TPSA) is 93.1 Å². The number of carbonyl (C=O) groups is 2. The van der Waals surface area contributed by atoms with Crippen molar-refractivity contribution in [2.45, 2.75) is 26.1 Å². The van der Waals surface area contributed by atoms with Crippen LogP contribution in [0.15, 0.2) is 99.7 Å². The number of aliphatic hydroxyl groups is 1. The van der Waals surface area contributed by atoms with Crippen LogP contribution < -0.4 is 4.74 Å². The van der Waals surface area contributed by atoms with E-state index in [-0.39, 0.29) is 17.9 Å². The average Bonchev–Trinajstić information content (AvgIpc) is 3.63. The number of furan rings is 2. The fraction of sp³-hybridized carbons (Fsp3) is 0.143. The van der Waals surface area contributed by atoms with Gasteiger partial charge in [0.25, 0.3) is 11.7 Å². The summed E-state index contributed by atoms with van der Waals surface area (Å²) < 4.78 is 16.8. The number of Topliss-reactive ketones (excluding diaryl/α,β-unsaturated/α-hetero) is 1. The number of benzene rings is 2. The number of nitrogens with zero attached hydrogens (tertiary/aromatic N) is 1. The number of ether oxygens (including phenoxy) is 1. The van der Waals surface area contributed by atoms with E-state index in [1.807, 2.05) is 31.2 Å². The van der Waals surface area contributed by atoms with Gasteiger partial charge in [-0.25, -0.2) is 0 Å². The third-order valence-electron chi connectivity index (χ3n) is 6.04. The van der Waals surface area contributed by atoms with E-state index in [0.29, 0.717) is 29.4 Å². The Balaban J connectivity index is 1.44. The van der Waals surface area contributed by atoms with Crippen molar-refractivity contribution in [3.8, 4) is 5.75 Å². The number of aryl methyl sites for hydroxylation is 1. The summed E-state index contributed by atoms with van der Waals surface area (Å²) in [6, 6.07) is 20.6. The smallest absolute Gasteiger partial charge is 0.296 e. The highest BCUT2D eigenvalue weighted by Crippen LogP contribution is 2.40. The first-order valence-electron chi connectivity index (χ1n) is 11.1. The van der Waals surface area contributed by atoms with Crippen LogP contribution in [0, 0.1) is 6.92 Å². The standard InChI is InChI=1S/C28H23NO6/c1-18-6-2-3-7-20(18)17-35-21-12-10-19(11-13-21)26(30)24-25(23-9-5-15-34-23)29(28(32)27(24)31)16-22-8-4-14-33-22/h2-15,25,30H,16-17H2,1H3/t25-/m1/s1. The number of hydrogen-bond donors (Lipinski definition) is 1. The van der Waals surface area contributed by atoms with Crippen LogP contribution in [0.1, 0.15) is 34.3 Å². The lowest BCUT2D eigenvalue weighted by Gasteiger charge is -2.22. The van der Waals surface area contributed by atoms with E-state index in [2.05, 4.69) is 0 Å². The zero-order valence-electron chi connectivity index (χ0n) is 19.0. The molecule has 1 aliphatic heterocycles. The van der Waals surface area contributed by atoms with Gasteiger partial charge in [0.1, 0.15) is 35.7 Å². The van der Waals surface area contributed by atoms with Gasteiger partial charge in [0.05, 0.1) is 24.6 Å². The van der Waals surface area contributed by atoms with Gasteiger partial charge in [-0.1, -0.05) is 24.3 Å². The molecule has 1 atom stereocenters.